The van der Waals surface area contributed by atoms with E-state index in [9.17, 15) is 4.79 Å². The second-order valence-corrected chi connectivity index (χ2v) is 5.66. The molecular weight excluding hydrogens is 292 g/mol. The van der Waals surface area contributed by atoms with Gasteiger partial charge < -0.3 is 10.2 Å². The van der Waals surface area contributed by atoms with E-state index in [4.69, 9.17) is 0 Å². The van der Waals surface area contributed by atoms with Crippen molar-refractivity contribution in [1.29, 1.82) is 0 Å². The van der Waals surface area contributed by atoms with E-state index in [0.29, 0.717) is 17.5 Å². The molecule has 1 unspecified atom stereocenters. The van der Waals surface area contributed by atoms with Gasteiger partial charge in [-0.3, -0.25) is 9.78 Å². The maximum Gasteiger partial charge on any atom is 0.220 e. The van der Waals surface area contributed by atoms with E-state index < -0.39 is 0 Å². The molecule has 120 valence electrons. The molecule has 1 fully saturated rings. The van der Waals surface area contributed by atoms with Crippen molar-refractivity contribution in [3.8, 4) is 0 Å². The molecule has 0 radical (unpaired) electrons. The minimum absolute atomic E-state index is 0.0188. The number of carbonyl (C=O) groups excluding carboxylic acids is 1. The molecule has 1 N–H and O–H groups in total. The smallest absolute Gasteiger partial charge is 0.220 e. The van der Waals surface area contributed by atoms with Gasteiger partial charge >= 0.3 is 0 Å². The van der Waals surface area contributed by atoms with Gasteiger partial charge in [-0.05, 0) is 26.2 Å². The summed E-state index contributed by atoms with van der Waals surface area (Å²) >= 11 is 0. The van der Waals surface area contributed by atoms with Crippen LogP contribution in [0.4, 0.5) is 11.6 Å². The Hall–Kier alpha value is -2.57. The lowest BCUT2D eigenvalue weighted by atomic mass is 9.99. The molecule has 0 aliphatic carbocycles. The third kappa shape index (κ3) is 3.61. The van der Waals surface area contributed by atoms with Crippen molar-refractivity contribution in [3.63, 3.8) is 0 Å². The average Bonchev–Trinajstić information content (AvgIpc) is 2.55. The molecule has 1 amide bonds. The van der Waals surface area contributed by atoms with Gasteiger partial charge in [0.1, 0.15) is 17.5 Å². The number of anilines is 2. The Morgan fingerprint density at radius 2 is 2.13 bits per heavy atom. The standard InChI is InChI=1S/C16H20N6O/c1-11-19-13(14-5-3-4-8-22(14)12(2)23)9-15(20-11)21-16-10-17-6-7-18-16/h6-7,9-10,14H,3-5,8H2,1-2H3,(H,18,19,20,21). The Kier molecular flexibility index (Phi) is 4.45. The molecule has 7 nitrogen and oxygen atoms in total. The highest BCUT2D eigenvalue weighted by Gasteiger charge is 2.27. The van der Waals surface area contributed by atoms with Crippen LogP contribution in [0.25, 0.3) is 0 Å². The summed E-state index contributed by atoms with van der Waals surface area (Å²) in [6.07, 6.45) is 7.96. The maximum absolute atomic E-state index is 11.9. The van der Waals surface area contributed by atoms with Crippen molar-refractivity contribution in [3.05, 3.63) is 36.2 Å². The van der Waals surface area contributed by atoms with Crippen molar-refractivity contribution in [2.45, 2.75) is 39.2 Å². The number of carbonyl (C=O) groups is 1. The first-order valence-electron chi connectivity index (χ1n) is 7.79. The summed E-state index contributed by atoms with van der Waals surface area (Å²) in [7, 11) is 0. The number of likely N-dealkylation sites (tertiary alicyclic amines) is 1. The topological polar surface area (TPSA) is 83.9 Å². The molecule has 2 aromatic rings. The van der Waals surface area contributed by atoms with Crippen molar-refractivity contribution in [2.75, 3.05) is 11.9 Å². The lowest BCUT2D eigenvalue weighted by Gasteiger charge is -2.34. The molecule has 1 aliphatic rings. The number of piperidine rings is 1. The summed E-state index contributed by atoms with van der Waals surface area (Å²) in [5.74, 6) is 2.06. The third-order valence-electron chi connectivity index (χ3n) is 3.93. The minimum Gasteiger partial charge on any atom is -0.334 e. The fraction of sp³-hybridized carbons (Fsp3) is 0.438. The Labute approximate surface area is 135 Å². The zero-order valence-corrected chi connectivity index (χ0v) is 13.4. The molecule has 0 aromatic carbocycles. The monoisotopic (exact) mass is 312 g/mol. The third-order valence-corrected chi connectivity index (χ3v) is 3.93. The number of aryl methyl sites for hydroxylation is 1. The molecule has 1 saturated heterocycles. The van der Waals surface area contributed by atoms with E-state index in [2.05, 4.69) is 25.3 Å². The van der Waals surface area contributed by atoms with E-state index in [-0.39, 0.29) is 11.9 Å². The van der Waals surface area contributed by atoms with Gasteiger partial charge in [-0.1, -0.05) is 0 Å². The highest BCUT2D eigenvalue weighted by molar-refractivity contribution is 5.74. The van der Waals surface area contributed by atoms with E-state index in [1.165, 1.54) is 0 Å². The molecule has 1 aliphatic heterocycles. The number of nitrogens with one attached hydrogen (secondary N) is 1. The van der Waals surface area contributed by atoms with Gasteiger partial charge in [0, 0.05) is 31.9 Å². The van der Waals surface area contributed by atoms with Gasteiger partial charge in [0.05, 0.1) is 17.9 Å². The fourth-order valence-corrected chi connectivity index (χ4v) is 2.94. The van der Waals surface area contributed by atoms with Gasteiger partial charge in [0.25, 0.3) is 0 Å². The zero-order chi connectivity index (χ0) is 16.2. The summed E-state index contributed by atoms with van der Waals surface area (Å²) in [6, 6.07) is 1.92. The van der Waals surface area contributed by atoms with Crippen LogP contribution in [0.3, 0.4) is 0 Å². The van der Waals surface area contributed by atoms with Gasteiger partial charge in [-0.15, -0.1) is 0 Å². The quantitative estimate of drug-likeness (QED) is 0.937. The van der Waals surface area contributed by atoms with Crippen LogP contribution in [0.1, 0.15) is 43.7 Å². The van der Waals surface area contributed by atoms with Crippen molar-refractivity contribution in [1.82, 2.24) is 24.8 Å². The molecule has 0 saturated carbocycles. The Bertz CT molecular complexity index is 690. The summed E-state index contributed by atoms with van der Waals surface area (Å²) < 4.78 is 0. The number of rotatable bonds is 3. The minimum atomic E-state index is 0.0188. The van der Waals surface area contributed by atoms with Gasteiger partial charge in [-0.25, -0.2) is 15.0 Å². The maximum atomic E-state index is 11.9. The molecule has 2 aromatic heterocycles. The Morgan fingerprint density at radius 1 is 1.26 bits per heavy atom. The molecular formula is C16H20N6O. The van der Waals surface area contributed by atoms with E-state index in [1.807, 2.05) is 17.9 Å². The largest absolute Gasteiger partial charge is 0.334 e. The number of nitrogens with zero attached hydrogens (tertiary/aromatic N) is 5. The van der Waals surface area contributed by atoms with Crippen LogP contribution in [0.15, 0.2) is 24.7 Å². The van der Waals surface area contributed by atoms with E-state index in [0.717, 1.165) is 31.5 Å². The fourth-order valence-electron chi connectivity index (χ4n) is 2.94. The highest BCUT2D eigenvalue weighted by Crippen LogP contribution is 2.31. The first-order valence-corrected chi connectivity index (χ1v) is 7.79. The van der Waals surface area contributed by atoms with Crippen LogP contribution in [-0.2, 0) is 4.79 Å². The number of aromatic nitrogens is 4. The van der Waals surface area contributed by atoms with Crippen LogP contribution >= 0.6 is 0 Å². The second-order valence-electron chi connectivity index (χ2n) is 5.66. The normalized spacial score (nSPS) is 17.8. The molecule has 23 heavy (non-hydrogen) atoms. The van der Waals surface area contributed by atoms with E-state index >= 15 is 0 Å². The summed E-state index contributed by atoms with van der Waals surface area (Å²) in [5.41, 5.74) is 0.874. The lowest BCUT2D eigenvalue weighted by molar-refractivity contribution is -0.132. The predicted octanol–water partition coefficient (Wildman–Crippen LogP) is 2.39. The van der Waals surface area contributed by atoms with Gasteiger partial charge in [0.15, 0.2) is 0 Å². The second kappa shape index (κ2) is 6.68. The summed E-state index contributed by atoms with van der Waals surface area (Å²) in [5, 5.41) is 3.14. The Morgan fingerprint density at radius 3 is 2.87 bits per heavy atom. The number of hydrogen-bond donors (Lipinski definition) is 1. The summed E-state index contributed by atoms with van der Waals surface area (Å²) in [4.78, 5) is 31.0. The van der Waals surface area contributed by atoms with Gasteiger partial charge in [-0.2, -0.15) is 0 Å². The molecule has 7 heteroatoms. The molecule has 0 bridgehead atoms. The van der Waals surface area contributed by atoms with Crippen LogP contribution in [-0.4, -0.2) is 37.3 Å². The van der Waals surface area contributed by atoms with Crippen LogP contribution in [0.5, 0.6) is 0 Å². The zero-order valence-electron chi connectivity index (χ0n) is 13.4. The van der Waals surface area contributed by atoms with Crippen LogP contribution in [0.2, 0.25) is 0 Å². The van der Waals surface area contributed by atoms with Crippen LogP contribution < -0.4 is 5.32 Å². The predicted molar refractivity (Wildman–Crippen MR) is 86.1 cm³/mol. The van der Waals surface area contributed by atoms with Gasteiger partial charge in [0.2, 0.25) is 5.91 Å². The summed E-state index contributed by atoms with van der Waals surface area (Å²) in [6.45, 7) is 4.26. The number of amides is 1. The highest BCUT2D eigenvalue weighted by atomic mass is 16.2. The van der Waals surface area contributed by atoms with Crippen LogP contribution in [0, 0.1) is 6.92 Å². The molecule has 3 rings (SSSR count). The first-order chi connectivity index (χ1) is 11.1. The van der Waals surface area contributed by atoms with Crippen molar-refractivity contribution in [2.24, 2.45) is 0 Å². The molecule has 0 spiro atoms. The SMILES string of the molecule is CC(=O)N1CCCCC1c1cc(Nc2cnccn2)nc(C)n1. The number of hydrogen-bond acceptors (Lipinski definition) is 6. The van der Waals surface area contributed by atoms with Crippen molar-refractivity contribution >= 4 is 17.5 Å². The van der Waals surface area contributed by atoms with Crippen molar-refractivity contribution < 1.29 is 4.79 Å². The average molecular weight is 312 g/mol. The Balaban J connectivity index is 1.89. The molecule has 3 heterocycles. The molecule has 1 atom stereocenters. The lowest BCUT2D eigenvalue weighted by Crippen LogP contribution is -2.37. The van der Waals surface area contributed by atoms with E-state index in [1.54, 1.807) is 25.5 Å². The first kappa shape index (κ1) is 15.3.